The normalized spacial score (nSPS) is 12.0. The van der Waals surface area contributed by atoms with Crippen molar-refractivity contribution < 1.29 is 19.6 Å². The van der Waals surface area contributed by atoms with Gasteiger partial charge in [0.1, 0.15) is 6.04 Å². The summed E-state index contributed by atoms with van der Waals surface area (Å²) in [5.41, 5.74) is 0.574. The van der Waals surface area contributed by atoms with Gasteiger partial charge in [-0.3, -0.25) is 14.9 Å². The van der Waals surface area contributed by atoms with Crippen LogP contribution in [0.15, 0.2) is 30.3 Å². The number of nitro groups is 1. The summed E-state index contributed by atoms with van der Waals surface area (Å²) >= 11 is 1.61. The van der Waals surface area contributed by atoms with E-state index in [1.807, 2.05) is 6.92 Å². The maximum absolute atomic E-state index is 11.8. The van der Waals surface area contributed by atoms with Crippen LogP contribution in [0.25, 0.3) is 6.08 Å². The molecule has 1 aromatic rings. The molecule has 2 N–H and O–H groups in total. The molecule has 0 heterocycles. The summed E-state index contributed by atoms with van der Waals surface area (Å²) in [7, 11) is 0. The molecule has 124 valence electrons. The molecule has 0 fully saturated rings. The van der Waals surface area contributed by atoms with Crippen LogP contribution in [0.4, 0.5) is 5.69 Å². The van der Waals surface area contributed by atoms with E-state index in [9.17, 15) is 19.7 Å². The molecule has 1 aromatic carbocycles. The molecule has 1 amide bonds. The molecule has 7 nitrogen and oxygen atoms in total. The van der Waals surface area contributed by atoms with Gasteiger partial charge in [0.25, 0.3) is 5.69 Å². The topological polar surface area (TPSA) is 110 Å². The predicted molar refractivity (Wildman–Crippen MR) is 89.3 cm³/mol. The number of carboxylic acids is 1. The Hall–Kier alpha value is -2.35. The second-order valence-electron chi connectivity index (χ2n) is 4.57. The number of aliphatic carboxylic acids is 1. The second-order valence-corrected chi connectivity index (χ2v) is 5.96. The number of carbonyl (C=O) groups excluding carboxylic acids is 1. The minimum atomic E-state index is -1.07. The van der Waals surface area contributed by atoms with Crippen molar-refractivity contribution >= 4 is 35.4 Å². The first-order valence-electron chi connectivity index (χ1n) is 6.97. The molecular weight excluding hydrogens is 320 g/mol. The molecule has 1 rings (SSSR count). The average molecular weight is 338 g/mol. The molecule has 0 aliphatic heterocycles. The highest BCUT2D eigenvalue weighted by molar-refractivity contribution is 7.99. The van der Waals surface area contributed by atoms with E-state index in [1.54, 1.807) is 11.8 Å². The number of benzene rings is 1. The average Bonchev–Trinajstić information content (AvgIpc) is 2.52. The predicted octanol–water partition coefficient (Wildman–Crippen LogP) is 2.32. The van der Waals surface area contributed by atoms with Gasteiger partial charge in [0.05, 0.1) is 4.92 Å². The van der Waals surface area contributed by atoms with Gasteiger partial charge in [0.2, 0.25) is 5.91 Å². The minimum absolute atomic E-state index is 0.0361. The van der Waals surface area contributed by atoms with E-state index in [0.717, 1.165) is 5.75 Å². The number of non-ortho nitro benzene ring substituents is 1. The molecule has 0 saturated heterocycles. The molecule has 0 aliphatic rings. The molecule has 23 heavy (non-hydrogen) atoms. The second kappa shape index (κ2) is 9.62. The van der Waals surface area contributed by atoms with E-state index in [-0.39, 0.29) is 5.69 Å². The number of carboxylic acid groups (broad SMARTS) is 1. The van der Waals surface area contributed by atoms with E-state index in [2.05, 4.69) is 5.32 Å². The Morgan fingerprint density at radius 1 is 1.39 bits per heavy atom. The zero-order chi connectivity index (χ0) is 17.2. The highest BCUT2D eigenvalue weighted by Gasteiger charge is 2.18. The van der Waals surface area contributed by atoms with E-state index < -0.39 is 22.8 Å². The Kier molecular flexibility index (Phi) is 7.82. The molecule has 0 spiro atoms. The van der Waals surface area contributed by atoms with E-state index >= 15 is 0 Å². The van der Waals surface area contributed by atoms with Gasteiger partial charge in [-0.05, 0) is 41.7 Å². The lowest BCUT2D eigenvalue weighted by atomic mass is 10.2. The Balaban J connectivity index is 2.59. The third kappa shape index (κ3) is 6.96. The summed E-state index contributed by atoms with van der Waals surface area (Å²) in [4.78, 5) is 32.9. The molecule has 1 unspecified atom stereocenters. The van der Waals surface area contributed by atoms with Gasteiger partial charge in [-0.15, -0.1) is 0 Å². The van der Waals surface area contributed by atoms with E-state index in [0.29, 0.717) is 17.7 Å². The van der Waals surface area contributed by atoms with Crippen LogP contribution in [-0.4, -0.2) is 39.5 Å². The quantitative estimate of drug-likeness (QED) is 0.309. The summed E-state index contributed by atoms with van der Waals surface area (Å²) in [6.45, 7) is 1.98. The van der Waals surface area contributed by atoms with E-state index in [4.69, 9.17) is 5.11 Å². The largest absolute Gasteiger partial charge is 0.480 e. The smallest absolute Gasteiger partial charge is 0.326 e. The van der Waals surface area contributed by atoms with Crippen molar-refractivity contribution in [3.8, 4) is 0 Å². The zero-order valence-corrected chi connectivity index (χ0v) is 13.4. The van der Waals surface area contributed by atoms with Gasteiger partial charge < -0.3 is 10.4 Å². The summed E-state index contributed by atoms with van der Waals surface area (Å²) < 4.78 is 0. The summed E-state index contributed by atoms with van der Waals surface area (Å²) in [5, 5.41) is 22.0. The van der Waals surface area contributed by atoms with Crippen LogP contribution in [-0.2, 0) is 9.59 Å². The highest BCUT2D eigenvalue weighted by atomic mass is 32.2. The van der Waals surface area contributed by atoms with Crippen molar-refractivity contribution in [3.05, 3.63) is 46.0 Å². The molecule has 0 aromatic heterocycles. The zero-order valence-electron chi connectivity index (χ0n) is 12.6. The Morgan fingerprint density at radius 3 is 2.57 bits per heavy atom. The van der Waals surface area contributed by atoms with Gasteiger partial charge in [-0.1, -0.05) is 6.92 Å². The number of thioether (sulfide) groups is 1. The van der Waals surface area contributed by atoms with Gasteiger partial charge in [-0.25, -0.2) is 4.79 Å². The maximum atomic E-state index is 11.8. The number of nitrogens with zero attached hydrogens (tertiary/aromatic N) is 1. The lowest BCUT2D eigenvalue weighted by Gasteiger charge is -2.12. The van der Waals surface area contributed by atoms with Crippen LogP contribution in [0.3, 0.4) is 0 Å². The van der Waals surface area contributed by atoms with Crippen molar-refractivity contribution in [3.63, 3.8) is 0 Å². The lowest BCUT2D eigenvalue weighted by molar-refractivity contribution is -0.384. The third-order valence-electron chi connectivity index (χ3n) is 2.90. The van der Waals surface area contributed by atoms with Crippen molar-refractivity contribution in [2.75, 3.05) is 11.5 Å². The fourth-order valence-electron chi connectivity index (χ4n) is 1.70. The first-order chi connectivity index (χ1) is 10.9. The number of carbonyl (C=O) groups is 2. The Labute approximate surface area is 137 Å². The van der Waals surface area contributed by atoms with Crippen molar-refractivity contribution in [2.24, 2.45) is 0 Å². The number of amides is 1. The van der Waals surface area contributed by atoms with Gasteiger partial charge in [0.15, 0.2) is 0 Å². The standard InChI is InChI=1S/C15H18N2O5S/c1-2-23-10-9-13(15(19)20)16-14(18)8-5-11-3-6-12(7-4-11)17(21)22/h3-8,13H,2,9-10H2,1H3,(H,16,18)(H,19,20)/b8-5+. The molecule has 0 saturated carbocycles. The number of nitro benzene ring substituents is 1. The highest BCUT2D eigenvalue weighted by Crippen LogP contribution is 2.12. The molecule has 8 heteroatoms. The van der Waals surface area contributed by atoms with Crippen LogP contribution in [0.1, 0.15) is 18.9 Å². The van der Waals surface area contributed by atoms with Gasteiger partial charge in [0, 0.05) is 18.2 Å². The third-order valence-corrected chi connectivity index (χ3v) is 3.83. The van der Waals surface area contributed by atoms with Crippen LogP contribution < -0.4 is 5.32 Å². The number of nitrogens with one attached hydrogen (secondary N) is 1. The van der Waals surface area contributed by atoms with Crippen LogP contribution in [0.5, 0.6) is 0 Å². The Bertz CT molecular complexity index is 586. The van der Waals surface area contributed by atoms with Crippen molar-refractivity contribution in [1.29, 1.82) is 0 Å². The monoisotopic (exact) mass is 338 g/mol. The molecule has 0 radical (unpaired) electrons. The van der Waals surface area contributed by atoms with E-state index in [1.165, 1.54) is 36.4 Å². The van der Waals surface area contributed by atoms with Crippen LogP contribution in [0.2, 0.25) is 0 Å². The summed E-state index contributed by atoms with van der Waals surface area (Å²) in [5.74, 6) is -0.0452. The van der Waals surface area contributed by atoms with Crippen LogP contribution in [0, 0.1) is 10.1 Å². The summed E-state index contributed by atoms with van der Waals surface area (Å²) in [6.07, 6.45) is 3.04. The number of rotatable bonds is 9. The lowest BCUT2D eigenvalue weighted by Crippen LogP contribution is -2.40. The number of hydrogen-bond donors (Lipinski definition) is 2. The molecule has 1 atom stereocenters. The first kappa shape index (κ1) is 18.7. The van der Waals surface area contributed by atoms with Gasteiger partial charge in [-0.2, -0.15) is 11.8 Å². The summed E-state index contributed by atoms with van der Waals surface area (Å²) in [6, 6.07) is 4.75. The molecular formula is C15H18N2O5S. The fraction of sp³-hybridized carbons (Fsp3) is 0.333. The van der Waals surface area contributed by atoms with Crippen molar-refractivity contribution in [2.45, 2.75) is 19.4 Å². The Morgan fingerprint density at radius 2 is 2.04 bits per heavy atom. The van der Waals surface area contributed by atoms with Crippen LogP contribution >= 0.6 is 11.8 Å². The van der Waals surface area contributed by atoms with Crippen molar-refractivity contribution in [1.82, 2.24) is 5.32 Å². The SMILES string of the molecule is CCSCCC(NC(=O)/C=C/c1ccc([N+](=O)[O-])cc1)C(=O)O. The molecule has 0 bridgehead atoms. The first-order valence-corrected chi connectivity index (χ1v) is 8.13. The number of hydrogen-bond acceptors (Lipinski definition) is 5. The maximum Gasteiger partial charge on any atom is 0.326 e. The van der Waals surface area contributed by atoms with Gasteiger partial charge >= 0.3 is 5.97 Å². The fourth-order valence-corrected chi connectivity index (χ4v) is 2.39. The minimum Gasteiger partial charge on any atom is -0.480 e. The molecule has 0 aliphatic carbocycles.